The number of rotatable bonds is 4. The van der Waals surface area contributed by atoms with Gasteiger partial charge in [0.15, 0.2) is 5.11 Å². The summed E-state index contributed by atoms with van der Waals surface area (Å²) in [4.78, 5) is 7.77. The molecule has 1 aliphatic carbocycles. The van der Waals surface area contributed by atoms with Crippen LogP contribution >= 0.6 is 12.2 Å². The molecule has 1 spiro atoms. The quantitative estimate of drug-likeness (QED) is 0.226. The van der Waals surface area contributed by atoms with Crippen molar-refractivity contribution in [2.45, 2.75) is 43.8 Å². The number of nitrogens with zero attached hydrogens (tertiary/aromatic N) is 5. The number of nitriles is 2. The maximum Gasteiger partial charge on any atom is 0.417 e. The molecule has 2 aliphatic rings. The minimum absolute atomic E-state index is 0.00800. The average Bonchev–Trinajstić information content (AvgIpc) is 3.23. The van der Waals surface area contributed by atoms with Crippen LogP contribution in [0.25, 0.3) is 0 Å². The van der Waals surface area contributed by atoms with Crippen LogP contribution in [0.15, 0.2) is 78.1 Å². The van der Waals surface area contributed by atoms with E-state index in [1.807, 2.05) is 4.90 Å². The smallest absolute Gasteiger partial charge is 0.392 e. The monoisotopic (exact) mass is 640 g/mol. The van der Waals surface area contributed by atoms with Crippen LogP contribution in [0, 0.1) is 22.7 Å². The highest BCUT2D eigenvalue weighted by molar-refractivity contribution is 7.80. The molecule has 0 amide bonds. The number of aliphatic hydroxyl groups excluding tert-OH is 1. The van der Waals surface area contributed by atoms with Crippen LogP contribution in [0.4, 0.5) is 43.4 Å². The molecular weight excluding hydrogens is 618 g/mol. The van der Waals surface area contributed by atoms with Gasteiger partial charge in [-0.2, -0.15) is 36.9 Å². The van der Waals surface area contributed by atoms with Gasteiger partial charge in [0, 0.05) is 17.1 Å². The summed E-state index contributed by atoms with van der Waals surface area (Å²) in [5.74, 6) is 0.411. The Labute approximate surface area is 258 Å². The molecule has 1 saturated heterocycles. The van der Waals surface area contributed by atoms with Crippen molar-refractivity contribution in [2.75, 3.05) is 15.1 Å². The van der Waals surface area contributed by atoms with Crippen molar-refractivity contribution in [1.29, 1.82) is 10.5 Å². The van der Waals surface area contributed by atoms with Crippen molar-refractivity contribution >= 4 is 40.2 Å². The first-order chi connectivity index (χ1) is 21.2. The average molecular weight is 641 g/mol. The molecule has 0 unspecified atom stereocenters. The van der Waals surface area contributed by atoms with E-state index in [9.17, 15) is 36.7 Å². The van der Waals surface area contributed by atoms with Crippen LogP contribution in [0.1, 0.15) is 47.1 Å². The first-order valence-electron chi connectivity index (χ1n) is 13.4. The number of benzene rings is 3. The first kappa shape index (κ1) is 31.5. The fourth-order valence-corrected chi connectivity index (χ4v) is 5.72. The lowest BCUT2D eigenvalue weighted by atomic mass is 9.74. The third-order valence-electron chi connectivity index (χ3n) is 7.72. The molecule has 14 heteroatoms. The lowest BCUT2D eigenvalue weighted by molar-refractivity contribution is -0.138. The van der Waals surface area contributed by atoms with Crippen LogP contribution in [0.5, 0.6) is 0 Å². The molecule has 3 aromatic rings. The number of alkyl halides is 6. The van der Waals surface area contributed by atoms with Gasteiger partial charge in [0.05, 0.1) is 41.0 Å². The summed E-state index contributed by atoms with van der Waals surface area (Å²) in [5.41, 5.74) is -3.31. The van der Waals surface area contributed by atoms with Crippen LogP contribution in [0.3, 0.4) is 0 Å². The zero-order chi connectivity index (χ0) is 32.7. The summed E-state index contributed by atoms with van der Waals surface area (Å²) in [5, 5.41) is 30.3. The highest BCUT2D eigenvalue weighted by Crippen LogP contribution is 2.51. The molecule has 1 heterocycles. The van der Waals surface area contributed by atoms with Gasteiger partial charge < -0.3 is 15.3 Å². The van der Waals surface area contributed by atoms with Gasteiger partial charge in [-0.1, -0.05) is 18.7 Å². The number of hydrogen-bond acceptors (Lipinski definition) is 5. The molecular formula is C31H22F6N6OS. The Bertz CT molecular complexity index is 1800. The van der Waals surface area contributed by atoms with Crippen LogP contribution in [-0.2, 0) is 19.0 Å². The van der Waals surface area contributed by atoms with Gasteiger partial charge in [0.25, 0.3) is 0 Å². The molecule has 2 fully saturated rings. The van der Waals surface area contributed by atoms with Crippen molar-refractivity contribution in [3.63, 3.8) is 0 Å². The Kier molecular flexibility index (Phi) is 8.08. The number of thiocarbonyl (C=S) groups is 1. The van der Waals surface area contributed by atoms with Crippen molar-refractivity contribution in [1.82, 2.24) is 0 Å². The maximum absolute atomic E-state index is 14.0. The van der Waals surface area contributed by atoms with Crippen molar-refractivity contribution < 1.29 is 31.4 Å². The summed E-state index contributed by atoms with van der Waals surface area (Å²) >= 11 is 5.43. The molecule has 1 saturated carbocycles. The molecule has 230 valence electrons. The fraction of sp³-hybridized carbons (Fsp3) is 0.226. The van der Waals surface area contributed by atoms with Crippen LogP contribution in [0.2, 0.25) is 0 Å². The van der Waals surface area contributed by atoms with Gasteiger partial charge in [-0.25, -0.2) is 4.99 Å². The predicted molar refractivity (Wildman–Crippen MR) is 159 cm³/mol. The summed E-state index contributed by atoms with van der Waals surface area (Å²) in [6.45, 7) is 3.97. The van der Waals surface area contributed by atoms with Crippen LogP contribution < -0.4 is 15.1 Å². The van der Waals surface area contributed by atoms with E-state index in [2.05, 4.69) is 16.9 Å². The van der Waals surface area contributed by atoms with E-state index in [4.69, 9.17) is 17.5 Å². The van der Waals surface area contributed by atoms with Gasteiger partial charge >= 0.3 is 12.4 Å². The van der Waals surface area contributed by atoms with Gasteiger partial charge in [0.1, 0.15) is 17.2 Å². The van der Waals surface area contributed by atoms with Crippen LogP contribution in [-0.4, -0.2) is 21.6 Å². The summed E-state index contributed by atoms with van der Waals surface area (Å²) in [6, 6.07) is 16.0. The molecule has 45 heavy (non-hydrogen) atoms. The third-order valence-corrected chi connectivity index (χ3v) is 7.91. The molecule has 2 N–H and O–H groups in total. The first-order valence-corrected chi connectivity index (χ1v) is 13.8. The van der Waals surface area contributed by atoms with E-state index < -0.39 is 40.1 Å². The number of halogens is 6. The molecule has 3 aromatic carbocycles. The zero-order valence-corrected chi connectivity index (χ0v) is 24.0. The van der Waals surface area contributed by atoms with E-state index in [0.29, 0.717) is 24.1 Å². The highest BCUT2D eigenvalue weighted by atomic mass is 32.1. The Morgan fingerprint density at radius 1 is 0.911 bits per heavy atom. The van der Waals surface area contributed by atoms with Crippen molar-refractivity contribution in [3.8, 4) is 12.1 Å². The van der Waals surface area contributed by atoms with E-state index in [-0.39, 0.29) is 34.8 Å². The lowest BCUT2D eigenvalue weighted by Crippen LogP contribution is -2.55. The number of anilines is 3. The standard InChI is InChI=1S/C31H22F6N6OS/c1-18-42(24-10-6-21(16-39)26(14-24)31(35,36)37)27(29(11-2-12-29)43(18)23-8-3-19(17-44)4-9-23)41-28(45)40-22-7-5-20(15-38)25(13-22)30(32,33)34/h3-10,13-14,44H,1-2,11-12,17H2,(H,40,45)/b41-27+. The number of aliphatic imine (C=N–C) groups is 1. The molecule has 0 aromatic heterocycles. The summed E-state index contributed by atoms with van der Waals surface area (Å²) in [6.07, 6.45) is -7.97. The Morgan fingerprint density at radius 3 is 1.98 bits per heavy atom. The van der Waals surface area contributed by atoms with E-state index in [1.54, 1.807) is 30.3 Å². The normalized spacial score (nSPS) is 16.8. The SMILES string of the molecule is C=C1N(c2ccc(C#N)c(C(F)(F)F)c2)/C(=N/C(=S)Nc2ccc(C#N)c(C(F)(F)F)c2)C2(CCC2)N1c1ccc(CO)cc1. The summed E-state index contributed by atoms with van der Waals surface area (Å²) in [7, 11) is 0. The number of hydrogen-bond donors (Lipinski definition) is 2. The number of nitrogens with one attached hydrogen (secondary N) is 1. The molecule has 5 rings (SSSR count). The molecule has 0 bridgehead atoms. The number of aliphatic hydroxyl groups is 1. The van der Waals surface area contributed by atoms with E-state index in [0.717, 1.165) is 30.7 Å². The minimum atomic E-state index is -4.85. The topological polar surface area (TPSA) is 98.7 Å². The van der Waals surface area contributed by atoms with E-state index in [1.165, 1.54) is 23.1 Å². The highest BCUT2D eigenvalue weighted by Gasteiger charge is 2.57. The van der Waals surface area contributed by atoms with Crippen molar-refractivity contribution in [3.05, 3.63) is 101 Å². The number of amidine groups is 1. The lowest BCUT2D eigenvalue weighted by Gasteiger charge is -2.45. The molecule has 7 nitrogen and oxygen atoms in total. The van der Waals surface area contributed by atoms with Gasteiger partial charge in [-0.05, 0) is 85.6 Å². The van der Waals surface area contributed by atoms with Gasteiger partial charge in [0.2, 0.25) is 0 Å². The van der Waals surface area contributed by atoms with Crippen molar-refractivity contribution in [2.24, 2.45) is 4.99 Å². The zero-order valence-electron chi connectivity index (χ0n) is 23.2. The summed E-state index contributed by atoms with van der Waals surface area (Å²) < 4.78 is 82.6. The molecule has 0 atom stereocenters. The second-order valence-electron chi connectivity index (χ2n) is 10.4. The van der Waals surface area contributed by atoms with Gasteiger partial charge in [-0.3, -0.25) is 4.90 Å². The third kappa shape index (κ3) is 5.70. The fourth-order valence-electron chi connectivity index (χ4n) is 5.51. The minimum Gasteiger partial charge on any atom is -0.392 e. The van der Waals surface area contributed by atoms with Gasteiger partial charge in [-0.15, -0.1) is 0 Å². The Morgan fingerprint density at radius 2 is 1.47 bits per heavy atom. The molecule has 1 aliphatic heterocycles. The Balaban J connectivity index is 1.64. The Hall–Kier alpha value is -4.92. The van der Waals surface area contributed by atoms with E-state index >= 15 is 0 Å². The second kappa shape index (κ2) is 11.5. The molecule has 0 radical (unpaired) electrons. The maximum atomic E-state index is 14.0. The largest absolute Gasteiger partial charge is 0.417 e. The second-order valence-corrected chi connectivity index (χ2v) is 10.8. The predicted octanol–water partition coefficient (Wildman–Crippen LogP) is 7.48.